The fraction of sp³-hybridized carbons (Fsp3) is 0.455. The van der Waals surface area contributed by atoms with Crippen LogP contribution in [0.4, 0.5) is 0 Å². The first-order valence-corrected chi connectivity index (χ1v) is 6.33. The fourth-order valence-electron chi connectivity index (χ4n) is 1.30. The smallest absolute Gasteiger partial charge is 0.0474 e. The predicted molar refractivity (Wildman–Crippen MR) is 62.3 cm³/mol. The number of hydrogen-bond acceptors (Lipinski definition) is 0. The van der Waals surface area contributed by atoms with E-state index in [1.165, 1.54) is 36.4 Å². The monoisotopic (exact) mass is 211 g/mol. The van der Waals surface area contributed by atoms with Crippen LogP contribution in [0.3, 0.4) is 0 Å². The summed E-state index contributed by atoms with van der Waals surface area (Å²) >= 11 is 5.71. The number of alkyl halides is 1. The maximum Gasteiger partial charge on any atom is 0.0474 e. The van der Waals surface area contributed by atoms with E-state index >= 15 is 0 Å². The highest BCUT2D eigenvalue weighted by atomic mass is 35.5. The summed E-state index contributed by atoms with van der Waals surface area (Å²) in [6.07, 6.45) is 3.86. The molecule has 0 N–H and O–H groups in total. The predicted octanol–water partition coefficient (Wildman–Crippen LogP) is 2.80. The first-order valence-electron chi connectivity index (χ1n) is 4.80. The molecule has 0 saturated heterocycles. The minimum Gasteiger partial charge on any atom is -0.122 e. The van der Waals surface area contributed by atoms with Crippen molar-refractivity contribution in [2.24, 2.45) is 0 Å². The lowest BCUT2D eigenvalue weighted by molar-refractivity contribution is 0.794. The molecule has 0 fully saturated rings. The SMILES string of the molecule is [SiH2]CCCCc1ccc(CCl)cc1. The van der Waals surface area contributed by atoms with Gasteiger partial charge in [0.1, 0.15) is 0 Å². The molecule has 0 aliphatic rings. The Morgan fingerprint density at radius 3 is 2.15 bits per heavy atom. The molecular formula is C11H16ClSi. The molecule has 0 heterocycles. The molecule has 1 radical (unpaired) electrons. The van der Waals surface area contributed by atoms with Crippen LogP contribution in [0.15, 0.2) is 24.3 Å². The van der Waals surface area contributed by atoms with Gasteiger partial charge in [-0.25, -0.2) is 0 Å². The summed E-state index contributed by atoms with van der Waals surface area (Å²) in [4.78, 5) is 0. The van der Waals surface area contributed by atoms with E-state index in [0.29, 0.717) is 5.88 Å². The Hall–Kier alpha value is -0.273. The number of halogens is 1. The molecule has 0 aromatic heterocycles. The third-order valence-corrected chi connectivity index (χ3v) is 2.95. The Balaban J connectivity index is 2.40. The van der Waals surface area contributed by atoms with Crippen molar-refractivity contribution in [1.29, 1.82) is 0 Å². The second kappa shape index (κ2) is 6.22. The van der Waals surface area contributed by atoms with Gasteiger partial charge in [0.05, 0.1) is 0 Å². The van der Waals surface area contributed by atoms with Gasteiger partial charge in [0.15, 0.2) is 0 Å². The molecule has 0 nitrogen and oxygen atoms in total. The van der Waals surface area contributed by atoms with Crippen LogP contribution in [0.1, 0.15) is 24.0 Å². The first-order chi connectivity index (χ1) is 6.36. The molecule has 0 aliphatic heterocycles. The van der Waals surface area contributed by atoms with Gasteiger partial charge in [-0.1, -0.05) is 36.7 Å². The largest absolute Gasteiger partial charge is 0.122 e. The molecule has 0 aliphatic carbocycles. The second-order valence-electron chi connectivity index (χ2n) is 3.26. The molecule has 0 atom stereocenters. The third kappa shape index (κ3) is 3.97. The molecule has 1 aromatic rings. The van der Waals surface area contributed by atoms with Gasteiger partial charge in [-0.3, -0.25) is 0 Å². The molecule has 0 spiro atoms. The molecule has 2 heteroatoms. The quantitative estimate of drug-likeness (QED) is 0.399. The summed E-state index contributed by atoms with van der Waals surface area (Å²) < 4.78 is 0. The Bertz CT molecular complexity index is 230. The van der Waals surface area contributed by atoms with Crippen molar-refractivity contribution in [2.45, 2.75) is 31.2 Å². The Morgan fingerprint density at radius 1 is 1.00 bits per heavy atom. The zero-order valence-electron chi connectivity index (χ0n) is 7.93. The zero-order chi connectivity index (χ0) is 9.52. The van der Waals surface area contributed by atoms with E-state index in [4.69, 9.17) is 11.6 Å². The summed E-state index contributed by atoms with van der Waals surface area (Å²) in [5.74, 6) is 0.621. The highest BCUT2D eigenvalue weighted by molar-refractivity contribution is 6.17. The summed E-state index contributed by atoms with van der Waals surface area (Å²) in [5.41, 5.74) is 2.65. The topological polar surface area (TPSA) is 0 Å². The van der Waals surface area contributed by atoms with Crippen LogP contribution in [-0.4, -0.2) is 10.2 Å². The van der Waals surface area contributed by atoms with Crippen molar-refractivity contribution in [3.8, 4) is 0 Å². The first kappa shape index (κ1) is 10.8. The normalized spacial score (nSPS) is 10.3. The maximum atomic E-state index is 5.71. The van der Waals surface area contributed by atoms with Crippen molar-refractivity contribution in [1.82, 2.24) is 0 Å². The standard InChI is InChI=1S/C11H16ClSi/c12-9-11-6-4-10(5-7-11)3-1-2-8-13/h4-7H,1-3,8-9,13H2. The van der Waals surface area contributed by atoms with Gasteiger partial charge in [-0.15, -0.1) is 11.6 Å². The van der Waals surface area contributed by atoms with E-state index in [-0.39, 0.29) is 0 Å². The Kier molecular flexibility index (Phi) is 5.17. The summed E-state index contributed by atoms with van der Waals surface area (Å²) in [5, 5.41) is 0. The van der Waals surface area contributed by atoms with E-state index in [1.54, 1.807) is 0 Å². The van der Waals surface area contributed by atoms with E-state index in [1.807, 2.05) is 0 Å². The van der Waals surface area contributed by atoms with Gasteiger partial charge in [0.2, 0.25) is 0 Å². The minimum atomic E-state index is 0.621. The average Bonchev–Trinajstić information content (AvgIpc) is 2.19. The van der Waals surface area contributed by atoms with Gasteiger partial charge < -0.3 is 0 Å². The highest BCUT2D eigenvalue weighted by Gasteiger charge is 1.93. The van der Waals surface area contributed by atoms with Gasteiger partial charge in [-0.05, 0) is 24.0 Å². The second-order valence-corrected chi connectivity index (χ2v) is 4.24. The number of rotatable bonds is 5. The van der Waals surface area contributed by atoms with Crippen LogP contribution in [0, 0.1) is 0 Å². The molecule has 0 saturated carbocycles. The maximum absolute atomic E-state index is 5.71. The van der Waals surface area contributed by atoms with Crippen LogP contribution < -0.4 is 0 Å². The molecular weight excluding hydrogens is 196 g/mol. The summed E-state index contributed by atoms with van der Waals surface area (Å²) in [7, 11) is 2.06. The van der Waals surface area contributed by atoms with Crippen LogP contribution in [0.25, 0.3) is 0 Å². The van der Waals surface area contributed by atoms with E-state index in [0.717, 1.165) is 0 Å². The lowest BCUT2D eigenvalue weighted by atomic mass is 10.1. The third-order valence-electron chi connectivity index (χ3n) is 2.14. The summed E-state index contributed by atoms with van der Waals surface area (Å²) in [6, 6.07) is 9.94. The van der Waals surface area contributed by atoms with Gasteiger partial charge >= 0.3 is 0 Å². The number of benzene rings is 1. The van der Waals surface area contributed by atoms with E-state index < -0.39 is 0 Å². The van der Waals surface area contributed by atoms with Crippen LogP contribution in [0.5, 0.6) is 0 Å². The Morgan fingerprint density at radius 2 is 1.62 bits per heavy atom. The Labute approximate surface area is 88.7 Å². The minimum absolute atomic E-state index is 0.621. The molecule has 71 valence electrons. The molecule has 1 aromatic carbocycles. The molecule has 1 rings (SSSR count). The van der Waals surface area contributed by atoms with Crippen LogP contribution >= 0.6 is 11.6 Å². The molecule has 0 unspecified atom stereocenters. The number of unbranched alkanes of at least 4 members (excludes halogenated alkanes) is 1. The molecule has 0 bridgehead atoms. The van der Waals surface area contributed by atoms with Crippen molar-refractivity contribution in [3.05, 3.63) is 35.4 Å². The molecule has 0 amide bonds. The van der Waals surface area contributed by atoms with Crippen LogP contribution in [-0.2, 0) is 12.3 Å². The van der Waals surface area contributed by atoms with Gasteiger partial charge in [-0.2, -0.15) is 0 Å². The van der Waals surface area contributed by atoms with Crippen LogP contribution in [0.2, 0.25) is 6.04 Å². The van der Waals surface area contributed by atoms with Crippen molar-refractivity contribution in [3.63, 3.8) is 0 Å². The number of aryl methyl sites for hydroxylation is 1. The summed E-state index contributed by atoms with van der Waals surface area (Å²) in [6.45, 7) is 0. The van der Waals surface area contributed by atoms with Gasteiger partial charge in [0.25, 0.3) is 0 Å². The van der Waals surface area contributed by atoms with Crippen molar-refractivity contribution < 1.29 is 0 Å². The molecule has 13 heavy (non-hydrogen) atoms. The lowest BCUT2D eigenvalue weighted by Gasteiger charge is -2.01. The van der Waals surface area contributed by atoms with E-state index in [2.05, 4.69) is 34.5 Å². The highest BCUT2D eigenvalue weighted by Crippen LogP contribution is 2.09. The number of hydrogen-bond donors (Lipinski definition) is 0. The van der Waals surface area contributed by atoms with Gasteiger partial charge in [0, 0.05) is 16.1 Å². The van der Waals surface area contributed by atoms with E-state index in [9.17, 15) is 0 Å². The fourth-order valence-corrected chi connectivity index (χ4v) is 1.83. The van der Waals surface area contributed by atoms with Crippen molar-refractivity contribution >= 4 is 21.8 Å². The van der Waals surface area contributed by atoms with Crippen molar-refractivity contribution in [2.75, 3.05) is 0 Å². The zero-order valence-corrected chi connectivity index (χ0v) is 10.1. The average molecular weight is 212 g/mol. The lowest BCUT2D eigenvalue weighted by Crippen LogP contribution is -1.86.